The molecule has 2 fully saturated rings. The highest BCUT2D eigenvalue weighted by Gasteiger charge is 2.49. The Bertz CT molecular complexity index is 796. The molecule has 2 aliphatic heterocycles. The number of rotatable bonds is 3. The van der Waals surface area contributed by atoms with Gasteiger partial charge in [-0.15, -0.1) is 0 Å². The van der Waals surface area contributed by atoms with Gasteiger partial charge >= 0.3 is 0 Å². The second-order valence-corrected chi connectivity index (χ2v) is 9.09. The molecule has 2 amide bonds. The molecule has 6 nitrogen and oxygen atoms in total. The molecular weight excluding hydrogens is 364 g/mol. The summed E-state index contributed by atoms with van der Waals surface area (Å²) in [6.07, 6.45) is 1.10. The zero-order valence-electron chi connectivity index (χ0n) is 14.0. The van der Waals surface area contributed by atoms with E-state index >= 15 is 0 Å². The summed E-state index contributed by atoms with van der Waals surface area (Å²) in [5.41, 5.74) is 0.362. The van der Waals surface area contributed by atoms with Gasteiger partial charge in [0, 0.05) is 19.5 Å². The van der Waals surface area contributed by atoms with Crippen molar-refractivity contribution in [1.82, 2.24) is 9.80 Å². The van der Waals surface area contributed by atoms with E-state index in [4.69, 9.17) is 11.6 Å². The molecule has 0 aliphatic carbocycles. The van der Waals surface area contributed by atoms with Gasteiger partial charge in [0.1, 0.15) is 0 Å². The van der Waals surface area contributed by atoms with E-state index in [2.05, 4.69) is 0 Å². The fraction of sp³-hybridized carbons (Fsp3) is 0.529. The number of benzene rings is 1. The standard InChI is InChI=1S/C17H21ClN2O4S/c1-2-5-16(21)19-8-9-20(15-11-25(23,24)10-14(15)19)17(22)12-6-3-4-7-13(12)18/h3-4,6-7,14-15H,2,5,8-11H2,1H3/t14-,15+/m1/s1. The van der Waals surface area contributed by atoms with Crippen LogP contribution in [0.25, 0.3) is 0 Å². The maximum atomic E-state index is 12.9. The zero-order chi connectivity index (χ0) is 18.2. The third-order valence-electron chi connectivity index (χ3n) is 4.83. The van der Waals surface area contributed by atoms with Crippen molar-refractivity contribution in [2.75, 3.05) is 24.6 Å². The molecule has 25 heavy (non-hydrogen) atoms. The highest BCUT2D eigenvalue weighted by atomic mass is 35.5. The van der Waals surface area contributed by atoms with E-state index in [0.29, 0.717) is 36.5 Å². The highest BCUT2D eigenvalue weighted by Crippen LogP contribution is 2.30. The van der Waals surface area contributed by atoms with Crippen LogP contribution < -0.4 is 0 Å². The average molecular weight is 385 g/mol. The van der Waals surface area contributed by atoms with Crippen molar-refractivity contribution in [3.8, 4) is 0 Å². The molecular formula is C17H21ClN2O4S. The van der Waals surface area contributed by atoms with Crippen LogP contribution >= 0.6 is 11.6 Å². The van der Waals surface area contributed by atoms with Crippen molar-refractivity contribution in [2.24, 2.45) is 0 Å². The van der Waals surface area contributed by atoms with E-state index in [1.54, 1.807) is 34.1 Å². The summed E-state index contributed by atoms with van der Waals surface area (Å²) >= 11 is 6.13. The van der Waals surface area contributed by atoms with Crippen molar-refractivity contribution in [3.05, 3.63) is 34.9 Å². The van der Waals surface area contributed by atoms with Crippen LogP contribution in [0.3, 0.4) is 0 Å². The largest absolute Gasteiger partial charge is 0.335 e. The first kappa shape index (κ1) is 18.2. The van der Waals surface area contributed by atoms with Crippen molar-refractivity contribution in [3.63, 3.8) is 0 Å². The lowest BCUT2D eigenvalue weighted by Gasteiger charge is -2.44. The molecule has 0 radical (unpaired) electrons. The summed E-state index contributed by atoms with van der Waals surface area (Å²) in [7, 11) is -3.29. The molecule has 0 unspecified atom stereocenters. The summed E-state index contributed by atoms with van der Waals surface area (Å²) in [5.74, 6) is -0.511. The molecule has 0 saturated carbocycles. The van der Waals surface area contributed by atoms with Crippen molar-refractivity contribution < 1.29 is 18.0 Å². The second-order valence-electron chi connectivity index (χ2n) is 6.53. The zero-order valence-corrected chi connectivity index (χ0v) is 15.6. The number of nitrogens with zero attached hydrogens (tertiary/aromatic N) is 2. The van der Waals surface area contributed by atoms with Gasteiger partial charge in [0.15, 0.2) is 9.84 Å². The lowest BCUT2D eigenvalue weighted by Crippen LogP contribution is -2.62. The van der Waals surface area contributed by atoms with Gasteiger partial charge in [0.05, 0.1) is 34.2 Å². The summed E-state index contributed by atoms with van der Waals surface area (Å²) in [5, 5.41) is 0.342. The average Bonchev–Trinajstić information content (AvgIpc) is 2.88. The van der Waals surface area contributed by atoms with Crippen LogP contribution in [0.1, 0.15) is 30.1 Å². The number of amides is 2. The Morgan fingerprint density at radius 1 is 1.12 bits per heavy atom. The Balaban J connectivity index is 1.90. The Labute approximate surface area is 152 Å². The lowest BCUT2D eigenvalue weighted by molar-refractivity contribution is -0.136. The van der Waals surface area contributed by atoms with Crippen molar-refractivity contribution in [2.45, 2.75) is 31.8 Å². The molecule has 2 heterocycles. The minimum atomic E-state index is -3.29. The molecule has 0 bridgehead atoms. The number of piperazine rings is 1. The monoisotopic (exact) mass is 384 g/mol. The van der Waals surface area contributed by atoms with Crippen LogP contribution in [0.2, 0.25) is 5.02 Å². The summed E-state index contributed by atoms with van der Waals surface area (Å²) < 4.78 is 24.4. The van der Waals surface area contributed by atoms with Gasteiger partial charge in [-0.25, -0.2) is 8.42 Å². The third-order valence-corrected chi connectivity index (χ3v) is 6.85. The van der Waals surface area contributed by atoms with E-state index in [-0.39, 0.29) is 23.3 Å². The smallest absolute Gasteiger partial charge is 0.255 e. The molecule has 3 rings (SSSR count). The maximum Gasteiger partial charge on any atom is 0.255 e. The normalized spacial score (nSPS) is 24.9. The van der Waals surface area contributed by atoms with E-state index in [9.17, 15) is 18.0 Å². The van der Waals surface area contributed by atoms with Crippen LogP contribution in [0.4, 0.5) is 0 Å². The number of hydrogen-bond acceptors (Lipinski definition) is 4. The predicted molar refractivity (Wildman–Crippen MR) is 95.3 cm³/mol. The van der Waals surface area contributed by atoms with E-state index < -0.39 is 21.9 Å². The fourth-order valence-electron chi connectivity index (χ4n) is 3.66. The molecule has 2 aliphatic rings. The first-order valence-corrected chi connectivity index (χ1v) is 10.6. The van der Waals surface area contributed by atoms with Crippen LogP contribution in [-0.2, 0) is 14.6 Å². The summed E-state index contributed by atoms with van der Waals surface area (Å²) in [4.78, 5) is 28.5. The summed E-state index contributed by atoms with van der Waals surface area (Å²) in [6.45, 7) is 2.58. The van der Waals surface area contributed by atoms with Crippen LogP contribution in [0.15, 0.2) is 24.3 Å². The van der Waals surface area contributed by atoms with E-state index in [1.807, 2.05) is 6.92 Å². The second kappa shape index (κ2) is 6.96. The summed E-state index contributed by atoms with van der Waals surface area (Å²) in [6, 6.07) is 5.76. The molecule has 0 spiro atoms. The molecule has 8 heteroatoms. The number of fused-ring (bicyclic) bond motifs is 1. The Hall–Kier alpha value is -1.60. The van der Waals surface area contributed by atoms with Crippen molar-refractivity contribution >= 4 is 33.3 Å². The number of sulfone groups is 1. The van der Waals surface area contributed by atoms with Crippen LogP contribution in [0.5, 0.6) is 0 Å². The van der Waals surface area contributed by atoms with E-state index in [1.165, 1.54) is 0 Å². The van der Waals surface area contributed by atoms with Crippen molar-refractivity contribution in [1.29, 1.82) is 0 Å². The van der Waals surface area contributed by atoms with Gasteiger partial charge in [-0.3, -0.25) is 9.59 Å². The van der Waals surface area contributed by atoms with E-state index in [0.717, 1.165) is 0 Å². The number of carbonyl (C=O) groups excluding carboxylic acids is 2. The highest BCUT2D eigenvalue weighted by molar-refractivity contribution is 7.91. The first-order chi connectivity index (χ1) is 11.8. The van der Waals surface area contributed by atoms with Gasteiger partial charge in [-0.1, -0.05) is 30.7 Å². The Kier molecular flexibility index (Phi) is 5.06. The van der Waals surface area contributed by atoms with Gasteiger partial charge in [-0.2, -0.15) is 0 Å². The third kappa shape index (κ3) is 3.53. The Morgan fingerprint density at radius 3 is 2.36 bits per heavy atom. The fourth-order valence-corrected chi connectivity index (χ4v) is 5.86. The maximum absolute atomic E-state index is 12.9. The molecule has 2 atom stereocenters. The van der Waals surface area contributed by atoms with Crippen LogP contribution in [0, 0.1) is 0 Å². The molecule has 1 aromatic carbocycles. The quantitative estimate of drug-likeness (QED) is 0.793. The predicted octanol–water partition coefficient (Wildman–Crippen LogP) is 1.59. The van der Waals surface area contributed by atoms with Gasteiger partial charge in [0.2, 0.25) is 5.91 Å². The number of halogens is 1. The number of hydrogen-bond donors (Lipinski definition) is 0. The topological polar surface area (TPSA) is 74.8 Å². The minimum absolute atomic E-state index is 0.0422. The Morgan fingerprint density at radius 2 is 1.72 bits per heavy atom. The first-order valence-electron chi connectivity index (χ1n) is 8.39. The minimum Gasteiger partial charge on any atom is -0.335 e. The van der Waals surface area contributed by atoms with Gasteiger partial charge in [-0.05, 0) is 18.6 Å². The number of carbonyl (C=O) groups is 2. The van der Waals surface area contributed by atoms with Gasteiger partial charge in [0.25, 0.3) is 5.91 Å². The lowest BCUT2D eigenvalue weighted by atomic mass is 10.0. The SMILES string of the molecule is CCCC(=O)N1CCN(C(=O)c2ccccc2Cl)[C@H]2CS(=O)(=O)C[C@H]21. The van der Waals surface area contributed by atoms with Crippen LogP contribution in [-0.4, -0.2) is 66.7 Å². The molecule has 0 N–H and O–H groups in total. The molecule has 2 saturated heterocycles. The molecule has 0 aromatic heterocycles. The molecule has 136 valence electrons. The molecule has 1 aromatic rings. The van der Waals surface area contributed by atoms with Gasteiger partial charge < -0.3 is 9.80 Å².